The Kier molecular flexibility index (Phi) is 4.95. The molecule has 0 radical (unpaired) electrons. The maximum atomic E-state index is 12.5. The quantitative estimate of drug-likeness (QED) is 0.803. The lowest BCUT2D eigenvalue weighted by atomic mass is 10.0. The van der Waals surface area contributed by atoms with E-state index in [0.29, 0.717) is 25.4 Å². The Hall–Kier alpha value is -1.06. The molecule has 1 aliphatic heterocycles. The summed E-state index contributed by atoms with van der Waals surface area (Å²) in [4.78, 5) is 14.4. The van der Waals surface area contributed by atoms with Gasteiger partial charge in [0.15, 0.2) is 0 Å². The topological polar surface area (TPSA) is 29.5 Å². The summed E-state index contributed by atoms with van der Waals surface area (Å²) >= 11 is 5.91. The molecular weight excluding hydrogens is 286 g/mol. The Balaban J connectivity index is 2.06. The van der Waals surface area contributed by atoms with Crippen LogP contribution in [0.15, 0.2) is 18.2 Å². The van der Waals surface area contributed by atoms with Gasteiger partial charge in [0.05, 0.1) is 24.0 Å². The van der Waals surface area contributed by atoms with Gasteiger partial charge in [-0.05, 0) is 44.4 Å². The predicted molar refractivity (Wildman–Crippen MR) is 85.9 cm³/mol. The summed E-state index contributed by atoms with van der Waals surface area (Å²) in [6.07, 6.45) is 0.353. The van der Waals surface area contributed by atoms with Crippen LogP contribution in [0.4, 0.5) is 0 Å². The van der Waals surface area contributed by atoms with Crippen LogP contribution in [0.1, 0.15) is 30.5 Å². The number of aryl methyl sites for hydroxylation is 2. The molecule has 1 heterocycles. The normalized spacial score (nSPS) is 21.4. The molecule has 1 aromatic carbocycles. The van der Waals surface area contributed by atoms with Gasteiger partial charge in [0.2, 0.25) is 5.91 Å². The highest BCUT2D eigenvalue weighted by atomic mass is 35.5. The van der Waals surface area contributed by atoms with Crippen LogP contribution in [0.25, 0.3) is 0 Å². The number of hydrogen-bond acceptors (Lipinski definition) is 2. The molecule has 21 heavy (non-hydrogen) atoms. The number of alkyl halides is 1. The predicted octanol–water partition coefficient (Wildman–Crippen LogP) is 3.09. The number of amides is 1. The van der Waals surface area contributed by atoms with Crippen molar-refractivity contribution in [3.63, 3.8) is 0 Å². The van der Waals surface area contributed by atoms with Gasteiger partial charge in [-0.15, -0.1) is 11.6 Å². The fourth-order valence-corrected chi connectivity index (χ4v) is 2.93. The fraction of sp³-hybridized carbons (Fsp3) is 0.588. The van der Waals surface area contributed by atoms with Crippen LogP contribution in [-0.2, 0) is 16.0 Å². The van der Waals surface area contributed by atoms with Crippen LogP contribution in [0, 0.1) is 13.8 Å². The molecule has 3 nitrogen and oxygen atoms in total. The highest BCUT2D eigenvalue weighted by molar-refractivity contribution is 6.18. The third-order valence-corrected chi connectivity index (χ3v) is 4.28. The minimum Gasteiger partial charge on any atom is -0.367 e. The molecule has 1 amide bonds. The van der Waals surface area contributed by atoms with E-state index in [9.17, 15) is 4.79 Å². The average Bonchev–Trinajstić information content (AvgIpc) is 2.41. The molecule has 1 fully saturated rings. The van der Waals surface area contributed by atoms with Gasteiger partial charge in [0.25, 0.3) is 0 Å². The van der Waals surface area contributed by atoms with E-state index in [-0.39, 0.29) is 17.6 Å². The van der Waals surface area contributed by atoms with Crippen molar-refractivity contribution in [1.29, 1.82) is 0 Å². The van der Waals surface area contributed by atoms with Gasteiger partial charge < -0.3 is 9.64 Å². The number of carbonyl (C=O) groups excluding carboxylic acids is 1. The number of carbonyl (C=O) groups is 1. The number of benzene rings is 1. The van der Waals surface area contributed by atoms with Crippen molar-refractivity contribution in [2.75, 3.05) is 19.0 Å². The molecule has 2 rings (SSSR count). The van der Waals surface area contributed by atoms with Crippen molar-refractivity contribution in [1.82, 2.24) is 4.90 Å². The van der Waals surface area contributed by atoms with Crippen molar-refractivity contribution in [2.45, 2.75) is 45.8 Å². The third-order valence-electron chi connectivity index (χ3n) is 3.93. The van der Waals surface area contributed by atoms with Gasteiger partial charge >= 0.3 is 0 Å². The number of ether oxygens (including phenoxy) is 1. The van der Waals surface area contributed by atoms with Gasteiger partial charge in [-0.25, -0.2) is 0 Å². The lowest BCUT2D eigenvalue weighted by Crippen LogP contribution is -2.55. The summed E-state index contributed by atoms with van der Waals surface area (Å²) in [5.74, 6) is 0.557. The Labute approximate surface area is 132 Å². The second-order valence-corrected chi connectivity index (χ2v) is 6.83. The molecule has 1 saturated heterocycles. The Morgan fingerprint density at radius 3 is 2.71 bits per heavy atom. The maximum absolute atomic E-state index is 12.5. The summed E-state index contributed by atoms with van der Waals surface area (Å²) in [6, 6.07) is 6.20. The lowest BCUT2D eigenvalue weighted by Gasteiger charge is -2.42. The molecule has 0 bridgehead atoms. The van der Waals surface area contributed by atoms with E-state index >= 15 is 0 Å². The van der Waals surface area contributed by atoms with Crippen LogP contribution in [0.5, 0.6) is 0 Å². The Morgan fingerprint density at radius 1 is 1.38 bits per heavy atom. The first-order chi connectivity index (χ1) is 9.80. The van der Waals surface area contributed by atoms with Gasteiger partial charge in [0, 0.05) is 13.1 Å². The maximum Gasteiger partial charge on any atom is 0.227 e. The molecule has 1 unspecified atom stereocenters. The first-order valence-corrected chi connectivity index (χ1v) is 7.92. The highest BCUT2D eigenvalue weighted by Gasteiger charge is 2.35. The summed E-state index contributed by atoms with van der Waals surface area (Å²) in [5.41, 5.74) is 3.20. The zero-order valence-electron chi connectivity index (χ0n) is 13.3. The lowest BCUT2D eigenvalue weighted by molar-refractivity contribution is -0.156. The van der Waals surface area contributed by atoms with Crippen molar-refractivity contribution < 1.29 is 9.53 Å². The van der Waals surface area contributed by atoms with E-state index in [2.05, 4.69) is 26.0 Å². The number of halogens is 1. The number of rotatable bonds is 3. The van der Waals surface area contributed by atoms with Crippen LogP contribution >= 0.6 is 11.6 Å². The smallest absolute Gasteiger partial charge is 0.227 e. The fourth-order valence-electron chi connectivity index (χ4n) is 2.77. The largest absolute Gasteiger partial charge is 0.367 e. The van der Waals surface area contributed by atoms with E-state index < -0.39 is 0 Å². The van der Waals surface area contributed by atoms with Gasteiger partial charge in [-0.3, -0.25) is 4.79 Å². The monoisotopic (exact) mass is 309 g/mol. The van der Waals surface area contributed by atoms with E-state index in [1.807, 2.05) is 24.8 Å². The number of hydrogen-bond donors (Lipinski definition) is 0. The molecule has 1 atom stereocenters. The van der Waals surface area contributed by atoms with E-state index in [1.54, 1.807) is 0 Å². The standard InChI is InChI=1S/C17H24ClNO2/c1-12-5-6-14(7-13(12)2)8-16(20)19-10-15(9-18)21-17(3,4)11-19/h5-7,15H,8-11H2,1-4H3. The highest BCUT2D eigenvalue weighted by Crippen LogP contribution is 2.22. The zero-order valence-corrected chi connectivity index (χ0v) is 14.0. The van der Waals surface area contributed by atoms with E-state index in [4.69, 9.17) is 16.3 Å². The van der Waals surface area contributed by atoms with Crippen molar-refractivity contribution in [3.8, 4) is 0 Å². The minimum absolute atomic E-state index is 0.0841. The minimum atomic E-state index is -0.337. The van der Waals surface area contributed by atoms with Crippen LogP contribution < -0.4 is 0 Å². The van der Waals surface area contributed by atoms with Crippen LogP contribution in [0.2, 0.25) is 0 Å². The van der Waals surface area contributed by atoms with Gasteiger partial charge in [-0.2, -0.15) is 0 Å². The zero-order chi connectivity index (χ0) is 15.6. The van der Waals surface area contributed by atoms with Crippen molar-refractivity contribution in [2.24, 2.45) is 0 Å². The second-order valence-electron chi connectivity index (χ2n) is 6.52. The molecule has 4 heteroatoms. The number of nitrogens with zero attached hydrogens (tertiary/aromatic N) is 1. The first-order valence-electron chi connectivity index (χ1n) is 7.38. The molecular formula is C17H24ClNO2. The molecule has 0 aliphatic carbocycles. The molecule has 0 saturated carbocycles. The molecule has 0 spiro atoms. The summed E-state index contributed by atoms with van der Waals surface area (Å²) in [6.45, 7) is 9.35. The molecule has 116 valence electrons. The van der Waals surface area contributed by atoms with E-state index in [1.165, 1.54) is 11.1 Å². The molecule has 0 N–H and O–H groups in total. The summed E-state index contributed by atoms with van der Waals surface area (Å²) < 4.78 is 5.86. The van der Waals surface area contributed by atoms with Gasteiger partial charge in [-0.1, -0.05) is 18.2 Å². The Bertz CT molecular complexity index is 528. The molecule has 1 aromatic rings. The second kappa shape index (κ2) is 6.37. The average molecular weight is 310 g/mol. The van der Waals surface area contributed by atoms with Crippen LogP contribution in [-0.4, -0.2) is 41.5 Å². The molecule has 0 aromatic heterocycles. The molecule has 1 aliphatic rings. The number of morpholine rings is 1. The third kappa shape index (κ3) is 4.21. The van der Waals surface area contributed by atoms with Crippen LogP contribution in [0.3, 0.4) is 0 Å². The van der Waals surface area contributed by atoms with E-state index in [0.717, 1.165) is 5.56 Å². The summed E-state index contributed by atoms with van der Waals surface area (Å²) in [5, 5.41) is 0. The SMILES string of the molecule is Cc1ccc(CC(=O)N2CC(CCl)OC(C)(C)C2)cc1C. The summed E-state index contributed by atoms with van der Waals surface area (Å²) in [7, 11) is 0. The first kappa shape index (κ1) is 16.3. The Morgan fingerprint density at radius 2 is 2.10 bits per heavy atom. The van der Waals surface area contributed by atoms with Crippen molar-refractivity contribution in [3.05, 3.63) is 34.9 Å². The van der Waals surface area contributed by atoms with Gasteiger partial charge in [0.1, 0.15) is 0 Å². The van der Waals surface area contributed by atoms with Crippen molar-refractivity contribution >= 4 is 17.5 Å².